The summed E-state index contributed by atoms with van der Waals surface area (Å²) in [6.45, 7) is 3.18. The zero-order valence-corrected chi connectivity index (χ0v) is 12.7. The fourth-order valence-corrected chi connectivity index (χ4v) is 2.04. The summed E-state index contributed by atoms with van der Waals surface area (Å²) < 4.78 is 44.4. The van der Waals surface area contributed by atoms with Crippen molar-refractivity contribution in [1.29, 1.82) is 0 Å². The third-order valence-electron chi connectivity index (χ3n) is 3.08. The van der Waals surface area contributed by atoms with E-state index in [4.69, 9.17) is 4.52 Å². The van der Waals surface area contributed by atoms with Crippen molar-refractivity contribution in [3.8, 4) is 11.4 Å². The summed E-state index contributed by atoms with van der Waals surface area (Å²) in [7, 11) is 0. The number of aliphatic hydroxyl groups excluding tert-OH is 1. The summed E-state index contributed by atoms with van der Waals surface area (Å²) in [6, 6.07) is 3.71. The number of halogens is 4. The van der Waals surface area contributed by atoms with E-state index in [2.05, 4.69) is 26.1 Å². The van der Waals surface area contributed by atoms with Crippen LogP contribution in [-0.4, -0.2) is 21.4 Å². The molecular weight excluding hydrogens is 353 g/mol. The first-order valence-corrected chi connectivity index (χ1v) is 6.88. The van der Waals surface area contributed by atoms with Gasteiger partial charge < -0.3 is 9.63 Å². The minimum Gasteiger partial charge on any atom is -0.393 e. The highest BCUT2D eigenvalue weighted by Crippen LogP contribution is 2.38. The summed E-state index contributed by atoms with van der Waals surface area (Å²) in [5.41, 5.74) is -1.02. The molecule has 0 aliphatic heterocycles. The van der Waals surface area contributed by atoms with Crippen molar-refractivity contribution in [3.05, 3.63) is 34.1 Å². The first-order chi connectivity index (χ1) is 9.70. The van der Waals surface area contributed by atoms with E-state index in [1.54, 1.807) is 6.92 Å². The van der Waals surface area contributed by atoms with Gasteiger partial charge in [0, 0.05) is 10.0 Å². The maximum Gasteiger partial charge on any atom is 0.417 e. The van der Waals surface area contributed by atoms with Crippen LogP contribution in [-0.2, 0) is 6.18 Å². The summed E-state index contributed by atoms with van der Waals surface area (Å²) in [5, 5.41) is 13.0. The van der Waals surface area contributed by atoms with Crippen molar-refractivity contribution in [2.24, 2.45) is 0 Å². The molecule has 0 saturated carbocycles. The predicted molar refractivity (Wildman–Crippen MR) is 72.5 cm³/mol. The van der Waals surface area contributed by atoms with E-state index in [1.807, 2.05) is 0 Å². The molecule has 1 N–H and O–H groups in total. The van der Waals surface area contributed by atoms with Gasteiger partial charge in [0.05, 0.1) is 17.6 Å². The monoisotopic (exact) mass is 364 g/mol. The Morgan fingerprint density at radius 1 is 1.29 bits per heavy atom. The Labute approximate surface area is 127 Å². The number of aromatic nitrogens is 2. The largest absolute Gasteiger partial charge is 0.417 e. The summed E-state index contributed by atoms with van der Waals surface area (Å²) in [4.78, 5) is 3.95. The van der Waals surface area contributed by atoms with Gasteiger partial charge in [-0.3, -0.25) is 0 Å². The van der Waals surface area contributed by atoms with Crippen LogP contribution >= 0.6 is 15.9 Å². The van der Waals surface area contributed by atoms with Crippen molar-refractivity contribution in [1.82, 2.24) is 10.1 Å². The molecule has 2 aromatic rings. The van der Waals surface area contributed by atoms with Gasteiger partial charge in [0.1, 0.15) is 0 Å². The first-order valence-electron chi connectivity index (χ1n) is 6.09. The van der Waals surface area contributed by atoms with E-state index in [0.29, 0.717) is 4.47 Å². The van der Waals surface area contributed by atoms with Crippen LogP contribution in [0, 0.1) is 0 Å². The molecule has 0 saturated heterocycles. The van der Waals surface area contributed by atoms with E-state index in [0.717, 1.165) is 6.07 Å². The smallest absolute Gasteiger partial charge is 0.393 e. The third kappa shape index (κ3) is 3.44. The van der Waals surface area contributed by atoms with Crippen LogP contribution in [0.15, 0.2) is 27.2 Å². The molecule has 8 heteroatoms. The highest BCUT2D eigenvalue weighted by atomic mass is 79.9. The van der Waals surface area contributed by atoms with Crippen LogP contribution < -0.4 is 0 Å². The van der Waals surface area contributed by atoms with Crippen LogP contribution in [0.3, 0.4) is 0 Å². The van der Waals surface area contributed by atoms with Gasteiger partial charge in [-0.05, 0) is 25.1 Å². The SMILES string of the molecule is CC(O)C(C)c1nc(-c2ccc(Br)cc2C(F)(F)F)no1. The van der Waals surface area contributed by atoms with Crippen LogP contribution in [0.5, 0.6) is 0 Å². The summed E-state index contributed by atoms with van der Waals surface area (Å²) in [6.07, 6.45) is -5.28. The quantitative estimate of drug-likeness (QED) is 0.893. The lowest BCUT2D eigenvalue weighted by atomic mass is 10.1. The second-order valence-electron chi connectivity index (χ2n) is 4.67. The van der Waals surface area contributed by atoms with Crippen molar-refractivity contribution in [2.75, 3.05) is 0 Å². The molecule has 0 aliphatic rings. The van der Waals surface area contributed by atoms with Crippen molar-refractivity contribution < 1.29 is 22.8 Å². The lowest BCUT2D eigenvalue weighted by molar-refractivity contribution is -0.137. The Balaban J connectivity index is 2.48. The molecule has 1 aromatic carbocycles. The Hall–Kier alpha value is -1.41. The summed E-state index contributed by atoms with van der Waals surface area (Å²) in [5.74, 6) is -0.524. The number of hydrogen-bond acceptors (Lipinski definition) is 4. The molecule has 0 bridgehead atoms. The molecule has 1 aromatic heterocycles. The van der Waals surface area contributed by atoms with E-state index in [-0.39, 0.29) is 17.3 Å². The van der Waals surface area contributed by atoms with Gasteiger partial charge in [-0.15, -0.1) is 0 Å². The number of hydrogen-bond donors (Lipinski definition) is 1. The number of alkyl halides is 3. The second-order valence-corrected chi connectivity index (χ2v) is 5.59. The van der Waals surface area contributed by atoms with Crippen molar-refractivity contribution in [3.63, 3.8) is 0 Å². The van der Waals surface area contributed by atoms with Gasteiger partial charge in [0.2, 0.25) is 11.7 Å². The highest BCUT2D eigenvalue weighted by Gasteiger charge is 2.35. The Morgan fingerprint density at radius 3 is 2.52 bits per heavy atom. The zero-order valence-electron chi connectivity index (χ0n) is 11.1. The fourth-order valence-electron chi connectivity index (χ4n) is 1.68. The van der Waals surface area contributed by atoms with Crippen molar-refractivity contribution in [2.45, 2.75) is 32.0 Å². The molecule has 2 atom stereocenters. The number of nitrogens with zero attached hydrogens (tertiary/aromatic N) is 2. The van der Waals surface area contributed by atoms with E-state index >= 15 is 0 Å². The lowest BCUT2D eigenvalue weighted by Crippen LogP contribution is -2.11. The Bertz CT molecular complexity index is 641. The van der Waals surface area contributed by atoms with Gasteiger partial charge in [-0.1, -0.05) is 28.0 Å². The zero-order chi connectivity index (χ0) is 15.8. The van der Waals surface area contributed by atoms with Crippen molar-refractivity contribution >= 4 is 15.9 Å². The molecule has 1 heterocycles. The molecule has 0 fully saturated rings. The van der Waals surface area contributed by atoms with E-state index in [1.165, 1.54) is 19.1 Å². The van der Waals surface area contributed by atoms with Crippen LogP contribution in [0.4, 0.5) is 13.2 Å². The van der Waals surface area contributed by atoms with Crippen LogP contribution in [0.2, 0.25) is 0 Å². The number of rotatable bonds is 3. The molecule has 21 heavy (non-hydrogen) atoms. The minimum atomic E-state index is -4.53. The molecular formula is C13H12BrF3N2O2. The molecule has 2 unspecified atom stereocenters. The Kier molecular flexibility index (Phi) is 4.38. The number of aliphatic hydroxyl groups is 1. The molecule has 0 radical (unpaired) electrons. The second kappa shape index (κ2) is 5.76. The van der Waals surface area contributed by atoms with Gasteiger partial charge >= 0.3 is 6.18 Å². The minimum absolute atomic E-state index is 0.0936. The molecule has 4 nitrogen and oxygen atoms in total. The van der Waals surface area contributed by atoms with Crippen LogP contribution in [0.25, 0.3) is 11.4 Å². The van der Waals surface area contributed by atoms with Gasteiger partial charge in [0.15, 0.2) is 0 Å². The topological polar surface area (TPSA) is 59.2 Å². The van der Waals surface area contributed by atoms with Gasteiger partial charge in [-0.25, -0.2) is 0 Å². The molecule has 0 spiro atoms. The maximum absolute atomic E-state index is 13.1. The molecule has 114 valence electrons. The Morgan fingerprint density at radius 2 is 1.95 bits per heavy atom. The van der Waals surface area contributed by atoms with E-state index < -0.39 is 23.8 Å². The third-order valence-corrected chi connectivity index (χ3v) is 3.58. The fraction of sp³-hybridized carbons (Fsp3) is 0.385. The number of benzene rings is 1. The van der Waals surface area contributed by atoms with Gasteiger partial charge in [0.25, 0.3) is 0 Å². The predicted octanol–water partition coefficient (Wildman–Crippen LogP) is 4.00. The molecule has 0 amide bonds. The molecule has 2 rings (SSSR count). The molecule has 0 aliphatic carbocycles. The normalized spacial score (nSPS) is 15.0. The van der Waals surface area contributed by atoms with E-state index in [9.17, 15) is 18.3 Å². The average molecular weight is 365 g/mol. The van der Waals surface area contributed by atoms with Gasteiger partial charge in [-0.2, -0.15) is 18.2 Å². The lowest BCUT2D eigenvalue weighted by Gasteiger charge is -2.11. The standard InChI is InChI=1S/C13H12BrF3N2O2/c1-6(7(2)20)12-18-11(19-21-12)9-4-3-8(14)5-10(9)13(15,16)17/h3-7,20H,1-2H3. The highest BCUT2D eigenvalue weighted by molar-refractivity contribution is 9.10. The average Bonchev–Trinajstić information content (AvgIpc) is 2.86. The first kappa shape index (κ1) is 16.0. The summed E-state index contributed by atoms with van der Waals surface area (Å²) >= 11 is 3.01. The maximum atomic E-state index is 13.1. The van der Waals surface area contributed by atoms with Crippen LogP contribution in [0.1, 0.15) is 31.2 Å².